The molecule has 3 rings (SSSR count). The molecule has 1 aliphatic heterocycles. The summed E-state index contributed by atoms with van der Waals surface area (Å²) in [5.74, 6) is 0.946. The summed E-state index contributed by atoms with van der Waals surface area (Å²) in [7, 11) is 0. The van der Waals surface area contributed by atoms with Gasteiger partial charge in [0.25, 0.3) is 0 Å². The Kier molecular flexibility index (Phi) is 2.92. The number of nitrogens with zero attached hydrogens (tertiary/aromatic N) is 2. The van der Waals surface area contributed by atoms with Crippen molar-refractivity contribution in [2.24, 2.45) is 0 Å². The number of ether oxygens (including phenoxy) is 1. The number of rotatable bonds is 1. The van der Waals surface area contributed by atoms with E-state index in [9.17, 15) is 0 Å². The molecule has 1 aliphatic rings. The molecule has 0 amide bonds. The number of aromatic nitrogens is 2. The van der Waals surface area contributed by atoms with Crippen molar-refractivity contribution in [1.29, 1.82) is 0 Å². The van der Waals surface area contributed by atoms with Crippen LogP contribution in [-0.4, -0.2) is 16.6 Å². The van der Waals surface area contributed by atoms with Crippen molar-refractivity contribution < 1.29 is 4.74 Å². The summed E-state index contributed by atoms with van der Waals surface area (Å²) in [6, 6.07) is 6.17. The highest BCUT2D eigenvalue weighted by molar-refractivity contribution is 6.30. The molecule has 2 heterocycles. The Morgan fingerprint density at radius 3 is 3.06 bits per heavy atom. The number of halogens is 1. The fourth-order valence-corrected chi connectivity index (χ4v) is 2.41. The highest BCUT2D eigenvalue weighted by Crippen LogP contribution is 2.37. The maximum absolute atomic E-state index is 6.05. The molecular weight excluding hydrogens is 248 g/mol. The topological polar surface area (TPSA) is 35.0 Å². The van der Waals surface area contributed by atoms with Crippen LogP contribution in [-0.2, 0) is 6.42 Å². The molecule has 4 heteroatoms. The van der Waals surface area contributed by atoms with Crippen molar-refractivity contribution in [3.8, 4) is 17.0 Å². The molecular formula is C14H13ClN2O. The van der Waals surface area contributed by atoms with E-state index >= 15 is 0 Å². The van der Waals surface area contributed by atoms with Gasteiger partial charge in [0, 0.05) is 11.1 Å². The highest BCUT2D eigenvalue weighted by Gasteiger charge is 2.18. The molecule has 0 spiro atoms. The first-order valence-electron chi connectivity index (χ1n) is 5.99. The van der Waals surface area contributed by atoms with Gasteiger partial charge in [-0.1, -0.05) is 23.7 Å². The van der Waals surface area contributed by atoms with E-state index in [4.69, 9.17) is 16.3 Å². The largest absolute Gasteiger partial charge is 0.493 e. The third-order valence-electron chi connectivity index (χ3n) is 3.21. The zero-order valence-electron chi connectivity index (χ0n) is 10.1. The number of benzene rings is 1. The van der Waals surface area contributed by atoms with Crippen molar-refractivity contribution in [1.82, 2.24) is 9.97 Å². The minimum absolute atomic E-state index is 0.494. The van der Waals surface area contributed by atoms with E-state index < -0.39 is 0 Å². The quantitative estimate of drug-likeness (QED) is 0.737. The first-order chi connectivity index (χ1) is 8.77. The van der Waals surface area contributed by atoms with Crippen molar-refractivity contribution >= 4 is 11.6 Å². The summed E-state index contributed by atoms with van der Waals surface area (Å²) in [6.07, 6.45) is 3.62. The Morgan fingerprint density at radius 1 is 1.28 bits per heavy atom. The molecule has 0 aliphatic carbocycles. The van der Waals surface area contributed by atoms with Gasteiger partial charge in [-0.3, -0.25) is 0 Å². The number of hydrogen-bond acceptors (Lipinski definition) is 3. The molecule has 0 bridgehead atoms. The minimum Gasteiger partial charge on any atom is -0.493 e. The van der Waals surface area contributed by atoms with Crippen LogP contribution in [0.5, 0.6) is 5.75 Å². The molecule has 1 aromatic heterocycles. The Bertz CT molecular complexity index is 598. The van der Waals surface area contributed by atoms with E-state index in [1.54, 1.807) is 0 Å². The van der Waals surface area contributed by atoms with Crippen molar-refractivity contribution in [3.05, 3.63) is 40.8 Å². The van der Waals surface area contributed by atoms with E-state index in [1.807, 2.05) is 19.1 Å². The molecule has 0 saturated carbocycles. The fraction of sp³-hybridized carbons (Fsp3) is 0.286. The van der Waals surface area contributed by atoms with Crippen LogP contribution in [0.4, 0.5) is 0 Å². The molecule has 0 fully saturated rings. The molecule has 18 heavy (non-hydrogen) atoms. The van der Waals surface area contributed by atoms with E-state index in [2.05, 4.69) is 16.0 Å². The lowest BCUT2D eigenvalue weighted by Gasteiger charge is -2.20. The summed E-state index contributed by atoms with van der Waals surface area (Å²) in [6.45, 7) is 2.70. The van der Waals surface area contributed by atoms with Crippen LogP contribution in [0.2, 0.25) is 5.15 Å². The average molecular weight is 261 g/mol. The second-order valence-corrected chi connectivity index (χ2v) is 4.74. The maximum Gasteiger partial charge on any atom is 0.135 e. The summed E-state index contributed by atoms with van der Waals surface area (Å²) >= 11 is 6.05. The highest BCUT2D eigenvalue weighted by atomic mass is 35.5. The first-order valence-corrected chi connectivity index (χ1v) is 6.37. The van der Waals surface area contributed by atoms with Crippen LogP contribution in [0, 0.1) is 6.92 Å². The predicted octanol–water partition coefficient (Wildman–Crippen LogP) is 3.43. The molecule has 2 aromatic rings. The first kappa shape index (κ1) is 11.5. The van der Waals surface area contributed by atoms with Crippen LogP contribution < -0.4 is 4.74 Å². The van der Waals surface area contributed by atoms with Gasteiger partial charge < -0.3 is 4.74 Å². The number of para-hydroxylation sites is 1. The van der Waals surface area contributed by atoms with Crippen LogP contribution in [0.25, 0.3) is 11.3 Å². The van der Waals surface area contributed by atoms with Gasteiger partial charge in [0.2, 0.25) is 0 Å². The fourth-order valence-electron chi connectivity index (χ4n) is 2.28. The lowest BCUT2D eigenvalue weighted by atomic mass is 9.99. The van der Waals surface area contributed by atoms with E-state index in [1.165, 1.54) is 11.9 Å². The molecule has 0 radical (unpaired) electrons. The smallest absolute Gasteiger partial charge is 0.135 e. The van der Waals surface area contributed by atoms with Gasteiger partial charge in [0.05, 0.1) is 12.3 Å². The van der Waals surface area contributed by atoms with Crippen LogP contribution in [0.3, 0.4) is 0 Å². The lowest BCUT2D eigenvalue weighted by molar-refractivity contribution is 0.289. The molecule has 0 unspecified atom stereocenters. The Labute approximate surface area is 111 Å². The lowest BCUT2D eigenvalue weighted by Crippen LogP contribution is -2.09. The summed E-state index contributed by atoms with van der Waals surface area (Å²) in [4.78, 5) is 8.33. The predicted molar refractivity (Wildman–Crippen MR) is 71.0 cm³/mol. The Hall–Kier alpha value is -1.61. The molecule has 3 nitrogen and oxygen atoms in total. The summed E-state index contributed by atoms with van der Waals surface area (Å²) < 4.78 is 5.80. The second-order valence-electron chi connectivity index (χ2n) is 4.38. The van der Waals surface area contributed by atoms with Crippen molar-refractivity contribution in [3.63, 3.8) is 0 Å². The summed E-state index contributed by atoms with van der Waals surface area (Å²) in [5, 5.41) is 0.494. The molecule has 0 saturated heterocycles. The van der Waals surface area contributed by atoms with Gasteiger partial charge in [-0.25, -0.2) is 9.97 Å². The average Bonchev–Trinajstić information content (AvgIpc) is 2.41. The Balaban J connectivity index is 2.20. The van der Waals surface area contributed by atoms with Crippen LogP contribution in [0.1, 0.15) is 17.5 Å². The second kappa shape index (κ2) is 4.58. The third kappa shape index (κ3) is 1.85. The van der Waals surface area contributed by atoms with E-state index in [0.29, 0.717) is 5.15 Å². The Morgan fingerprint density at radius 2 is 2.17 bits per heavy atom. The normalized spacial score (nSPS) is 13.9. The number of aryl methyl sites for hydroxylation is 1. The van der Waals surface area contributed by atoms with Gasteiger partial charge in [0.15, 0.2) is 0 Å². The van der Waals surface area contributed by atoms with E-state index in [0.717, 1.165) is 42.0 Å². The number of hydrogen-bond donors (Lipinski definition) is 0. The molecule has 1 aromatic carbocycles. The van der Waals surface area contributed by atoms with Gasteiger partial charge in [-0.15, -0.1) is 0 Å². The van der Waals surface area contributed by atoms with Gasteiger partial charge in [-0.05, 0) is 31.4 Å². The van der Waals surface area contributed by atoms with Gasteiger partial charge in [0.1, 0.15) is 17.2 Å². The summed E-state index contributed by atoms with van der Waals surface area (Å²) in [5.41, 5.74) is 4.00. The zero-order chi connectivity index (χ0) is 12.5. The van der Waals surface area contributed by atoms with Crippen molar-refractivity contribution in [2.45, 2.75) is 19.8 Å². The van der Waals surface area contributed by atoms with Crippen molar-refractivity contribution in [2.75, 3.05) is 6.61 Å². The van der Waals surface area contributed by atoms with E-state index in [-0.39, 0.29) is 0 Å². The monoisotopic (exact) mass is 260 g/mol. The van der Waals surface area contributed by atoms with Crippen LogP contribution >= 0.6 is 11.6 Å². The standard InChI is InChI=1S/C14H13ClN2O/c1-9-12(16-8-17-14(9)15)11-6-2-4-10-5-3-7-18-13(10)11/h2,4,6,8H,3,5,7H2,1H3. The molecule has 92 valence electrons. The molecule has 0 atom stereocenters. The van der Waals surface area contributed by atoms with Crippen LogP contribution in [0.15, 0.2) is 24.5 Å². The maximum atomic E-state index is 6.05. The molecule has 0 N–H and O–H groups in total. The minimum atomic E-state index is 0.494. The van der Waals surface area contributed by atoms with Gasteiger partial charge in [-0.2, -0.15) is 0 Å². The SMILES string of the molecule is Cc1c(Cl)ncnc1-c1cccc2c1OCCC2. The zero-order valence-corrected chi connectivity index (χ0v) is 10.9. The third-order valence-corrected chi connectivity index (χ3v) is 3.59. The number of fused-ring (bicyclic) bond motifs is 1. The van der Waals surface area contributed by atoms with Gasteiger partial charge >= 0.3 is 0 Å².